The molecule has 3 aromatic rings. The van der Waals surface area contributed by atoms with Gasteiger partial charge >= 0.3 is 0 Å². The number of hydrogen-bond donors (Lipinski definition) is 2. The molecule has 0 saturated carbocycles. The number of pyridine rings is 1. The topological polar surface area (TPSA) is 79.8 Å². The number of thiophene rings is 1. The van der Waals surface area contributed by atoms with Crippen molar-refractivity contribution < 1.29 is 4.79 Å². The SMILES string of the molecule is O=C(CCn1c(=S)[nH]c2ccsc2c1=O)NCc1cccnc1. The molecule has 0 fully saturated rings. The summed E-state index contributed by atoms with van der Waals surface area (Å²) in [6.45, 7) is 0.666. The van der Waals surface area contributed by atoms with Crippen LogP contribution >= 0.6 is 23.6 Å². The van der Waals surface area contributed by atoms with E-state index in [0.29, 0.717) is 16.0 Å². The molecule has 0 bridgehead atoms. The lowest BCUT2D eigenvalue weighted by molar-refractivity contribution is -0.121. The van der Waals surface area contributed by atoms with Gasteiger partial charge in [-0.05, 0) is 35.3 Å². The summed E-state index contributed by atoms with van der Waals surface area (Å²) in [6, 6.07) is 5.53. The summed E-state index contributed by atoms with van der Waals surface area (Å²) in [5.41, 5.74) is 1.51. The molecule has 0 spiro atoms. The Balaban J connectivity index is 1.65. The van der Waals surface area contributed by atoms with Crippen molar-refractivity contribution in [2.75, 3.05) is 0 Å². The number of nitrogens with one attached hydrogen (secondary N) is 2. The maximum atomic E-state index is 12.3. The van der Waals surface area contributed by atoms with E-state index < -0.39 is 0 Å². The first-order chi connectivity index (χ1) is 11.1. The first-order valence-electron chi connectivity index (χ1n) is 7.01. The lowest BCUT2D eigenvalue weighted by atomic mass is 10.3. The molecule has 3 heterocycles. The van der Waals surface area contributed by atoms with Gasteiger partial charge in [-0.25, -0.2) is 0 Å². The molecule has 0 aliphatic carbocycles. The molecule has 0 saturated heterocycles. The predicted molar refractivity (Wildman–Crippen MR) is 92.0 cm³/mol. The van der Waals surface area contributed by atoms with Crippen LogP contribution in [0.25, 0.3) is 10.2 Å². The second kappa shape index (κ2) is 6.84. The number of fused-ring (bicyclic) bond motifs is 1. The third-order valence-electron chi connectivity index (χ3n) is 3.37. The van der Waals surface area contributed by atoms with Gasteiger partial charge < -0.3 is 10.3 Å². The Morgan fingerprint density at radius 1 is 1.43 bits per heavy atom. The summed E-state index contributed by atoms with van der Waals surface area (Å²) in [5.74, 6) is -0.138. The molecule has 3 rings (SSSR count). The highest BCUT2D eigenvalue weighted by atomic mass is 32.1. The van der Waals surface area contributed by atoms with Gasteiger partial charge in [0.15, 0.2) is 4.77 Å². The number of aromatic nitrogens is 3. The number of aromatic amines is 1. The number of rotatable bonds is 5. The Morgan fingerprint density at radius 2 is 2.30 bits per heavy atom. The summed E-state index contributed by atoms with van der Waals surface area (Å²) >= 11 is 6.56. The molecule has 8 heteroatoms. The van der Waals surface area contributed by atoms with E-state index in [9.17, 15) is 9.59 Å². The van der Waals surface area contributed by atoms with Crippen LogP contribution in [0, 0.1) is 4.77 Å². The first-order valence-corrected chi connectivity index (χ1v) is 8.30. The molecule has 0 aliphatic heterocycles. The van der Waals surface area contributed by atoms with Crippen LogP contribution in [0.1, 0.15) is 12.0 Å². The Morgan fingerprint density at radius 3 is 3.09 bits per heavy atom. The summed E-state index contributed by atoms with van der Waals surface area (Å²) in [7, 11) is 0. The van der Waals surface area contributed by atoms with Crippen LogP contribution < -0.4 is 10.9 Å². The van der Waals surface area contributed by atoms with Crippen molar-refractivity contribution in [3.8, 4) is 0 Å². The zero-order chi connectivity index (χ0) is 16.2. The maximum Gasteiger partial charge on any atom is 0.272 e. The Bertz CT molecular complexity index is 943. The van der Waals surface area contributed by atoms with Crippen LogP contribution in [-0.4, -0.2) is 20.4 Å². The third-order valence-corrected chi connectivity index (χ3v) is 4.59. The van der Waals surface area contributed by atoms with Crippen molar-refractivity contribution in [2.45, 2.75) is 19.5 Å². The molecule has 1 amide bonds. The van der Waals surface area contributed by atoms with Gasteiger partial charge in [-0.15, -0.1) is 11.3 Å². The van der Waals surface area contributed by atoms with E-state index in [1.807, 2.05) is 23.6 Å². The van der Waals surface area contributed by atoms with E-state index in [2.05, 4.69) is 15.3 Å². The van der Waals surface area contributed by atoms with Gasteiger partial charge in [0.05, 0.1) is 5.52 Å². The van der Waals surface area contributed by atoms with Gasteiger partial charge in [0.2, 0.25) is 5.91 Å². The summed E-state index contributed by atoms with van der Waals surface area (Å²) < 4.78 is 2.38. The fourth-order valence-corrected chi connectivity index (χ4v) is 3.26. The molecule has 6 nitrogen and oxygen atoms in total. The van der Waals surface area contributed by atoms with E-state index in [1.54, 1.807) is 12.4 Å². The fourth-order valence-electron chi connectivity index (χ4n) is 2.18. The lowest BCUT2D eigenvalue weighted by Gasteiger charge is -2.07. The van der Waals surface area contributed by atoms with Crippen LogP contribution in [-0.2, 0) is 17.9 Å². The zero-order valence-corrected chi connectivity index (χ0v) is 13.7. The van der Waals surface area contributed by atoms with Gasteiger partial charge in [0.25, 0.3) is 5.56 Å². The van der Waals surface area contributed by atoms with Gasteiger partial charge in [-0.1, -0.05) is 6.07 Å². The monoisotopic (exact) mass is 346 g/mol. The number of amides is 1. The van der Waals surface area contributed by atoms with Gasteiger partial charge in [0.1, 0.15) is 4.70 Å². The van der Waals surface area contributed by atoms with Crippen LogP contribution in [0.15, 0.2) is 40.8 Å². The quantitative estimate of drug-likeness (QED) is 0.694. The Labute approximate surface area is 140 Å². The first kappa shape index (κ1) is 15.6. The predicted octanol–water partition coefficient (Wildman–Crippen LogP) is 2.22. The standard InChI is InChI=1S/C15H14N4O2S2/c20-12(17-9-10-2-1-5-16-8-10)3-6-19-14(21)13-11(4-7-23-13)18-15(19)22/h1-2,4-5,7-8H,3,6,9H2,(H,17,20)(H,18,22). The molecule has 0 unspecified atom stereocenters. The van der Waals surface area contributed by atoms with Crippen molar-refractivity contribution in [3.63, 3.8) is 0 Å². The lowest BCUT2D eigenvalue weighted by Crippen LogP contribution is -2.27. The van der Waals surface area contributed by atoms with Gasteiger partial charge in [-0.2, -0.15) is 0 Å². The normalized spacial score (nSPS) is 10.8. The van der Waals surface area contributed by atoms with E-state index in [0.717, 1.165) is 11.1 Å². The molecular weight excluding hydrogens is 332 g/mol. The number of hydrogen-bond acceptors (Lipinski definition) is 5. The van der Waals surface area contributed by atoms with Crippen LogP contribution in [0.3, 0.4) is 0 Å². The highest BCUT2D eigenvalue weighted by molar-refractivity contribution is 7.71. The zero-order valence-electron chi connectivity index (χ0n) is 12.1. The average Bonchev–Trinajstić information content (AvgIpc) is 3.02. The largest absolute Gasteiger partial charge is 0.352 e. The minimum atomic E-state index is -0.154. The Kier molecular flexibility index (Phi) is 4.63. The second-order valence-electron chi connectivity index (χ2n) is 4.94. The molecule has 0 aromatic carbocycles. The molecular formula is C15H14N4O2S2. The number of nitrogens with zero attached hydrogens (tertiary/aromatic N) is 2. The summed E-state index contributed by atoms with van der Waals surface area (Å²) in [5, 5.41) is 4.64. The highest BCUT2D eigenvalue weighted by Gasteiger charge is 2.09. The summed E-state index contributed by atoms with van der Waals surface area (Å²) in [6.07, 6.45) is 3.57. The Hall–Kier alpha value is -2.32. The van der Waals surface area contributed by atoms with Crippen molar-refractivity contribution in [2.24, 2.45) is 0 Å². The van der Waals surface area contributed by atoms with Crippen molar-refractivity contribution in [3.05, 3.63) is 56.7 Å². The number of carbonyl (C=O) groups excluding carboxylic acids is 1. The summed E-state index contributed by atoms with van der Waals surface area (Å²) in [4.78, 5) is 31.3. The number of carbonyl (C=O) groups is 1. The van der Waals surface area contributed by atoms with Gasteiger partial charge in [-0.3, -0.25) is 19.1 Å². The minimum absolute atomic E-state index is 0.138. The van der Waals surface area contributed by atoms with E-state index in [1.165, 1.54) is 15.9 Å². The maximum absolute atomic E-state index is 12.3. The smallest absolute Gasteiger partial charge is 0.272 e. The molecule has 23 heavy (non-hydrogen) atoms. The van der Waals surface area contributed by atoms with Crippen molar-refractivity contribution >= 4 is 39.7 Å². The highest BCUT2D eigenvalue weighted by Crippen LogP contribution is 2.13. The van der Waals surface area contributed by atoms with Crippen molar-refractivity contribution in [1.82, 2.24) is 19.9 Å². The molecule has 3 aromatic heterocycles. The van der Waals surface area contributed by atoms with Crippen LogP contribution in [0.2, 0.25) is 0 Å². The molecule has 118 valence electrons. The van der Waals surface area contributed by atoms with E-state index in [-0.39, 0.29) is 24.4 Å². The van der Waals surface area contributed by atoms with E-state index >= 15 is 0 Å². The molecule has 0 radical (unpaired) electrons. The van der Waals surface area contributed by atoms with Gasteiger partial charge in [0, 0.05) is 31.9 Å². The fraction of sp³-hybridized carbons (Fsp3) is 0.200. The molecule has 2 N–H and O–H groups in total. The molecule has 0 atom stereocenters. The van der Waals surface area contributed by atoms with Crippen LogP contribution in [0.5, 0.6) is 0 Å². The third kappa shape index (κ3) is 3.54. The van der Waals surface area contributed by atoms with Crippen molar-refractivity contribution in [1.29, 1.82) is 0 Å². The minimum Gasteiger partial charge on any atom is -0.352 e. The second-order valence-corrected chi connectivity index (χ2v) is 6.24. The van der Waals surface area contributed by atoms with E-state index in [4.69, 9.17) is 12.2 Å². The average molecular weight is 346 g/mol. The van der Waals surface area contributed by atoms with Crippen LogP contribution in [0.4, 0.5) is 0 Å². The molecule has 0 aliphatic rings. The number of H-pyrrole nitrogens is 1.